The van der Waals surface area contributed by atoms with Crippen LogP contribution >= 0.6 is 0 Å². The van der Waals surface area contributed by atoms with E-state index in [-0.39, 0.29) is 0 Å². The van der Waals surface area contributed by atoms with E-state index in [1.807, 2.05) is 18.2 Å². The molecule has 1 N–H and O–H groups in total. The standard InChI is InChI=1S/C15H20N2/c1-2-10-17(15-12-16-13-15)11-6-9-14-7-4-3-5-8-14/h3-5,7-8,15-16H,2,10-13H2,1H3. The molecule has 0 atom stereocenters. The van der Waals surface area contributed by atoms with Gasteiger partial charge < -0.3 is 5.32 Å². The van der Waals surface area contributed by atoms with E-state index in [2.05, 4.69) is 41.1 Å². The van der Waals surface area contributed by atoms with E-state index < -0.39 is 0 Å². The molecule has 0 bridgehead atoms. The van der Waals surface area contributed by atoms with Crippen LogP contribution in [0.2, 0.25) is 0 Å². The van der Waals surface area contributed by atoms with E-state index in [0.717, 1.165) is 31.7 Å². The molecule has 2 heteroatoms. The second-order valence-electron chi connectivity index (χ2n) is 4.45. The Morgan fingerprint density at radius 2 is 2.06 bits per heavy atom. The first-order valence-electron chi connectivity index (χ1n) is 6.39. The summed E-state index contributed by atoms with van der Waals surface area (Å²) in [7, 11) is 0. The van der Waals surface area contributed by atoms with E-state index >= 15 is 0 Å². The van der Waals surface area contributed by atoms with Gasteiger partial charge in [0, 0.05) is 24.7 Å². The molecule has 0 radical (unpaired) electrons. The highest BCUT2D eigenvalue weighted by Crippen LogP contribution is 2.05. The highest BCUT2D eigenvalue weighted by atomic mass is 15.2. The molecule has 1 aliphatic heterocycles. The van der Waals surface area contributed by atoms with Gasteiger partial charge in [-0.3, -0.25) is 4.90 Å². The monoisotopic (exact) mass is 228 g/mol. The molecular formula is C15H20N2. The van der Waals surface area contributed by atoms with Crippen molar-refractivity contribution in [3.05, 3.63) is 35.9 Å². The molecule has 2 rings (SSSR count). The van der Waals surface area contributed by atoms with Gasteiger partial charge in [-0.2, -0.15) is 0 Å². The predicted molar refractivity (Wildman–Crippen MR) is 71.8 cm³/mol. The molecule has 0 saturated carbocycles. The molecule has 1 aromatic rings. The summed E-state index contributed by atoms with van der Waals surface area (Å²) in [4.78, 5) is 2.48. The molecule has 0 aromatic heterocycles. The first-order chi connectivity index (χ1) is 8.40. The van der Waals surface area contributed by atoms with Gasteiger partial charge in [-0.05, 0) is 25.1 Å². The van der Waals surface area contributed by atoms with Gasteiger partial charge in [-0.15, -0.1) is 0 Å². The van der Waals surface area contributed by atoms with Crippen molar-refractivity contribution >= 4 is 0 Å². The fraction of sp³-hybridized carbons (Fsp3) is 0.467. The van der Waals surface area contributed by atoms with Crippen molar-refractivity contribution < 1.29 is 0 Å². The average molecular weight is 228 g/mol. The lowest BCUT2D eigenvalue weighted by atomic mass is 10.1. The van der Waals surface area contributed by atoms with Gasteiger partial charge in [0.05, 0.1) is 6.54 Å². The highest BCUT2D eigenvalue weighted by molar-refractivity contribution is 5.33. The maximum absolute atomic E-state index is 3.32. The molecule has 1 heterocycles. The van der Waals surface area contributed by atoms with Crippen LogP contribution in [0.5, 0.6) is 0 Å². The average Bonchev–Trinajstić information content (AvgIpc) is 2.28. The smallest absolute Gasteiger partial charge is 0.0608 e. The topological polar surface area (TPSA) is 15.3 Å². The lowest BCUT2D eigenvalue weighted by Crippen LogP contribution is -2.57. The van der Waals surface area contributed by atoms with Crippen LogP contribution in [-0.2, 0) is 0 Å². The SMILES string of the molecule is CCCN(CC#Cc1ccccc1)C1CNC1. The van der Waals surface area contributed by atoms with Gasteiger partial charge in [0.25, 0.3) is 0 Å². The van der Waals surface area contributed by atoms with Crippen molar-refractivity contribution in [3.63, 3.8) is 0 Å². The molecule has 0 spiro atoms. The van der Waals surface area contributed by atoms with Crippen LogP contribution in [0.15, 0.2) is 30.3 Å². The number of nitrogens with one attached hydrogen (secondary N) is 1. The Labute approximate surface area is 104 Å². The van der Waals surface area contributed by atoms with Crippen molar-refractivity contribution in [2.45, 2.75) is 19.4 Å². The van der Waals surface area contributed by atoms with Crippen LogP contribution in [0.4, 0.5) is 0 Å². The first kappa shape index (κ1) is 12.2. The first-order valence-corrected chi connectivity index (χ1v) is 6.39. The highest BCUT2D eigenvalue weighted by Gasteiger charge is 2.22. The summed E-state index contributed by atoms with van der Waals surface area (Å²) < 4.78 is 0. The van der Waals surface area contributed by atoms with E-state index in [4.69, 9.17) is 0 Å². The van der Waals surface area contributed by atoms with Crippen LogP contribution in [0.3, 0.4) is 0 Å². The van der Waals surface area contributed by atoms with Gasteiger partial charge in [0.1, 0.15) is 0 Å². The molecule has 0 unspecified atom stereocenters. The third-order valence-corrected chi connectivity index (χ3v) is 3.08. The van der Waals surface area contributed by atoms with E-state index in [9.17, 15) is 0 Å². The number of rotatable bonds is 4. The summed E-state index contributed by atoms with van der Waals surface area (Å²) in [5.74, 6) is 6.51. The zero-order valence-electron chi connectivity index (χ0n) is 10.4. The molecule has 2 nitrogen and oxygen atoms in total. The third kappa shape index (κ3) is 3.59. The largest absolute Gasteiger partial charge is 0.314 e. The lowest BCUT2D eigenvalue weighted by Gasteiger charge is -2.37. The normalized spacial score (nSPS) is 15.2. The number of hydrogen-bond acceptors (Lipinski definition) is 2. The maximum atomic E-state index is 3.32. The zero-order valence-corrected chi connectivity index (χ0v) is 10.4. The van der Waals surface area contributed by atoms with Gasteiger partial charge in [-0.25, -0.2) is 0 Å². The van der Waals surface area contributed by atoms with Crippen molar-refractivity contribution in [1.29, 1.82) is 0 Å². The van der Waals surface area contributed by atoms with Gasteiger partial charge in [-0.1, -0.05) is 37.0 Å². The van der Waals surface area contributed by atoms with Crippen molar-refractivity contribution in [2.24, 2.45) is 0 Å². The van der Waals surface area contributed by atoms with Gasteiger partial charge in [0.15, 0.2) is 0 Å². The Bertz CT molecular complexity index is 384. The quantitative estimate of drug-likeness (QED) is 0.789. The number of hydrogen-bond donors (Lipinski definition) is 1. The molecule has 0 aliphatic carbocycles. The fourth-order valence-corrected chi connectivity index (χ4v) is 1.97. The Morgan fingerprint density at radius 3 is 2.65 bits per heavy atom. The van der Waals surface area contributed by atoms with E-state index in [1.165, 1.54) is 6.42 Å². The Hall–Kier alpha value is -1.30. The summed E-state index contributed by atoms with van der Waals surface area (Å²) in [5, 5.41) is 3.32. The summed E-state index contributed by atoms with van der Waals surface area (Å²) in [6.07, 6.45) is 1.20. The van der Waals surface area contributed by atoms with Crippen LogP contribution in [0.25, 0.3) is 0 Å². The third-order valence-electron chi connectivity index (χ3n) is 3.08. The van der Waals surface area contributed by atoms with E-state index in [1.54, 1.807) is 0 Å². The Balaban J connectivity index is 1.88. The molecule has 1 fully saturated rings. The maximum Gasteiger partial charge on any atom is 0.0608 e. The van der Waals surface area contributed by atoms with Crippen molar-refractivity contribution in [3.8, 4) is 11.8 Å². The molecule has 0 amide bonds. The van der Waals surface area contributed by atoms with E-state index in [0.29, 0.717) is 6.04 Å². The van der Waals surface area contributed by atoms with Crippen molar-refractivity contribution in [2.75, 3.05) is 26.2 Å². The predicted octanol–water partition coefficient (Wildman–Crippen LogP) is 1.72. The lowest BCUT2D eigenvalue weighted by molar-refractivity contribution is 0.164. The molecular weight excluding hydrogens is 208 g/mol. The summed E-state index contributed by atoms with van der Waals surface area (Å²) >= 11 is 0. The molecule has 1 aliphatic rings. The van der Waals surface area contributed by atoms with Crippen LogP contribution < -0.4 is 5.32 Å². The number of nitrogens with zero attached hydrogens (tertiary/aromatic N) is 1. The number of benzene rings is 1. The van der Waals surface area contributed by atoms with Crippen LogP contribution in [0, 0.1) is 11.8 Å². The summed E-state index contributed by atoms with van der Waals surface area (Å²) in [6, 6.07) is 10.9. The summed E-state index contributed by atoms with van der Waals surface area (Å²) in [6.45, 7) is 6.49. The minimum atomic E-state index is 0.694. The van der Waals surface area contributed by atoms with Crippen LogP contribution in [-0.4, -0.2) is 37.1 Å². The van der Waals surface area contributed by atoms with Gasteiger partial charge in [0.2, 0.25) is 0 Å². The minimum Gasteiger partial charge on any atom is -0.314 e. The molecule has 1 aromatic carbocycles. The fourth-order valence-electron chi connectivity index (χ4n) is 1.97. The van der Waals surface area contributed by atoms with Crippen LogP contribution in [0.1, 0.15) is 18.9 Å². The Kier molecular flexibility index (Phi) is 4.61. The second kappa shape index (κ2) is 6.44. The molecule has 17 heavy (non-hydrogen) atoms. The molecule has 90 valence electrons. The second-order valence-corrected chi connectivity index (χ2v) is 4.45. The molecule has 1 saturated heterocycles. The van der Waals surface area contributed by atoms with Gasteiger partial charge >= 0.3 is 0 Å². The Morgan fingerprint density at radius 1 is 1.29 bits per heavy atom. The minimum absolute atomic E-state index is 0.694. The zero-order chi connectivity index (χ0) is 11.9. The van der Waals surface area contributed by atoms with Crippen molar-refractivity contribution in [1.82, 2.24) is 10.2 Å². The summed E-state index contributed by atoms with van der Waals surface area (Å²) in [5.41, 5.74) is 1.11.